The molecule has 0 bridgehead atoms. The minimum absolute atomic E-state index is 0.0922. The first-order chi connectivity index (χ1) is 10.2. The molecule has 3 rings (SSSR count). The Morgan fingerprint density at radius 1 is 1.52 bits per heavy atom. The average Bonchev–Trinajstić information content (AvgIpc) is 3.07. The fourth-order valence-corrected chi connectivity index (χ4v) is 4.12. The highest BCUT2D eigenvalue weighted by atomic mass is 79.9. The Balaban J connectivity index is 1.96. The van der Waals surface area contributed by atoms with Gasteiger partial charge in [0.2, 0.25) is 0 Å². The number of aromatic carboxylic acids is 1. The second-order valence-electron chi connectivity index (χ2n) is 5.00. The minimum Gasteiger partial charge on any atom is -0.476 e. The van der Waals surface area contributed by atoms with Gasteiger partial charge in [0, 0.05) is 15.3 Å². The molecule has 2 N–H and O–H groups in total. The first kappa shape index (κ1) is 14.7. The summed E-state index contributed by atoms with van der Waals surface area (Å²) in [6, 6.07) is 1.99. The topological polar surface area (TPSA) is 80.0 Å². The highest BCUT2D eigenvalue weighted by Gasteiger charge is 2.28. The van der Waals surface area contributed by atoms with Crippen LogP contribution < -0.4 is 5.32 Å². The van der Waals surface area contributed by atoms with Gasteiger partial charge in [0.1, 0.15) is 0 Å². The first-order valence-corrected chi connectivity index (χ1v) is 8.43. The van der Waals surface area contributed by atoms with Crippen LogP contribution in [0.25, 0.3) is 0 Å². The number of aromatic nitrogens is 3. The normalized spacial score (nSPS) is 16.2. The number of nitrogens with zero attached hydrogens (tertiary/aromatic N) is 3. The molecule has 2 aromatic heterocycles. The van der Waals surface area contributed by atoms with E-state index in [0.29, 0.717) is 6.54 Å². The van der Waals surface area contributed by atoms with E-state index in [2.05, 4.69) is 31.6 Å². The van der Waals surface area contributed by atoms with Crippen molar-refractivity contribution in [2.75, 3.05) is 13.1 Å². The number of carbonyl (C=O) groups is 1. The number of carboxylic acid groups (broad SMARTS) is 1. The van der Waals surface area contributed by atoms with Crippen molar-refractivity contribution in [3.05, 3.63) is 32.2 Å². The summed E-state index contributed by atoms with van der Waals surface area (Å²) in [5.41, 5.74) is 0.846. The van der Waals surface area contributed by atoms with Crippen LogP contribution in [0.1, 0.15) is 39.8 Å². The zero-order chi connectivity index (χ0) is 14.8. The molecule has 0 aromatic carbocycles. The molecule has 0 amide bonds. The number of rotatable bonds is 4. The number of hydrogen-bond donors (Lipinski definition) is 2. The second-order valence-corrected chi connectivity index (χ2v) is 6.86. The van der Waals surface area contributed by atoms with Crippen molar-refractivity contribution in [2.45, 2.75) is 25.3 Å². The van der Waals surface area contributed by atoms with Gasteiger partial charge < -0.3 is 10.4 Å². The molecule has 8 heteroatoms. The zero-order valence-electron chi connectivity index (χ0n) is 11.3. The molecule has 0 aliphatic carbocycles. The van der Waals surface area contributed by atoms with E-state index in [0.717, 1.165) is 41.0 Å². The van der Waals surface area contributed by atoms with Gasteiger partial charge in [-0.2, -0.15) is 0 Å². The standard InChI is InChI=1S/C13H15BrN4O2S/c14-9-3-6-21-10(9)7-18-12(8-1-4-15-5-2-8)11(13(19)20)16-17-18/h3,6,8,15H,1-2,4-5,7H2,(H,19,20). The predicted molar refractivity (Wildman–Crippen MR) is 82.9 cm³/mol. The lowest BCUT2D eigenvalue weighted by Gasteiger charge is -2.23. The van der Waals surface area contributed by atoms with Crippen molar-refractivity contribution < 1.29 is 9.90 Å². The molecule has 1 aliphatic heterocycles. The van der Waals surface area contributed by atoms with E-state index in [4.69, 9.17) is 0 Å². The van der Waals surface area contributed by atoms with E-state index >= 15 is 0 Å². The van der Waals surface area contributed by atoms with Crippen molar-refractivity contribution in [3.8, 4) is 0 Å². The van der Waals surface area contributed by atoms with Crippen LogP contribution in [-0.2, 0) is 6.54 Å². The molecule has 2 aromatic rings. The van der Waals surface area contributed by atoms with Crippen LogP contribution in [0, 0.1) is 0 Å². The van der Waals surface area contributed by atoms with Crippen molar-refractivity contribution in [1.29, 1.82) is 0 Å². The molecule has 112 valence electrons. The van der Waals surface area contributed by atoms with Gasteiger partial charge >= 0.3 is 5.97 Å². The summed E-state index contributed by atoms with van der Waals surface area (Å²) in [6.45, 7) is 2.35. The van der Waals surface area contributed by atoms with E-state index in [1.165, 1.54) is 0 Å². The van der Waals surface area contributed by atoms with Gasteiger partial charge in [-0.15, -0.1) is 16.4 Å². The number of thiophene rings is 1. The van der Waals surface area contributed by atoms with Crippen LogP contribution >= 0.6 is 27.3 Å². The highest BCUT2D eigenvalue weighted by Crippen LogP contribution is 2.29. The largest absolute Gasteiger partial charge is 0.476 e. The van der Waals surface area contributed by atoms with Gasteiger partial charge in [0.05, 0.1) is 12.2 Å². The molecule has 0 spiro atoms. The fourth-order valence-electron chi connectivity index (χ4n) is 2.66. The Morgan fingerprint density at radius 2 is 2.29 bits per heavy atom. The second kappa shape index (κ2) is 6.25. The smallest absolute Gasteiger partial charge is 0.358 e. The summed E-state index contributed by atoms with van der Waals surface area (Å²) in [5, 5.41) is 22.6. The van der Waals surface area contributed by atoms with Crippen LogP contribution in [-0.4, -0.2) is 39.2 Å². The molecule has 0 unspecified atom stereocenters. The summed E-state index contributed by atoms with van der Waals surface area (Å²) < 4.78 is 2.77. The molecule has 0 radical (unpaired) electrons. The molecular weight excluding hydrogens is 356 g/mol. The maximum Gasteiger partial charge on any atom is 0.358 e. The molecular formula is C13H15BrN4O2S. The monoisotopic (exact) mass is 370 g/mol. The summed E-state index contributed by atoms with van der Waals surface area (Å²) in [6.07, 6.45) is 1.83. The predicted octanol–water partition coefficient (Wildman–Crippen LogP) is 2.32. The summed E-state index contributed by atoms with van der Waals surface area (Å²) >= 11 is 5.12. The Morgan fingerprint density at radius 3 is 2.90 bits per heavy atom. The van der Waals surface area contributed by atoms with Crippen LogP contribution in [0.15, 0.2) is 15.9 Å². The molecule has 3 heterocycles. The first-order valence-electron chi connectivity index (χ1n) is 6.76. The van der Waals surface area contributed by atoms with Gasteiger partial charge in [-0.25, -0.2) is 9.48 Å². The van der Waals surface area contributed by atoms with E-state index < -0.39 is 5.97 Å². The van der Waals surface area contributed by atoms with Crippen LogP contribution in [0.4, 0.5) is 0 Å². The number of halogens is 1. The van der Waals surface area contributed by atoms with Crippen LogP contribution in [0.5, 0.6) is 0 Å². The third-order valence-corrected chi connectivity index (χ3v) is 5.60. The minimum atomic E-state index is -1.000. The van der Waals surface area contributed by atoms with Gasteiger partial charge in [-0.1, -0.05) is 5.21 Å². The Bertz CT molecular complexity index is 648. The van der Waals surface area contributed by atoms with E-state index in [-0.39, 0.29) is 11.6 Å². The molecule has 1 fully saturated rings. The quantitative estimate of drug-likeness (QED) is 0.862. The van der Waals surface area contributed by atoms with Crippen molar-refractivity contribution in [2.24, 2.45) is 0 Å². The van der Waals surface area contributed by atoms with Crippen molar-refractivity contribution in [3.63, 3.8) is 0 Å². The highest BCUT2D eigenvalue weighted by molar-refractivity contribution is 9.10. The fraction of sp³-hybridized carbons (Fsp3) is 0.462. The third-order valence-electron chi connectivity index (χ3n) is 3.69. The summed E-state index contributed by atoms with van der Waals surface area (Å²) in [4.78, 5) is 12.5. The summed E-state index contributed by atoms with van der Waals surface area (Å²) in [5.74, 6) is -0.800. The molecule has 1 aliphatic rings. The van der Waals surface area contributed by atoms with E-state index in [1.807, 2.05) is 11.4 Å². The Labute approximate surface area is 134 Å². The van der Waals surface area contributed by atoms with Gasteiger partial charge in [-0.3, -0.25) is 0 Å². The van der Waals surface area contributed by atoms with Gasteiger partial charge in [-0.05, 0) is 53.3 Å². The number of nitrogens with one attached hydrogen (secondary N) is 1. The van der Waals surface area contributed by atoms with Gasteiger partial charge in [0.15, 0.2) is 5.69 Å². The van der Waals surface area contributed by atoms with Crippen LogP contribution in [0.3, 0.4) is 0 Å². The number of carboxylic acids is 1. The number of piperidine rings is 1. The van der Waals surface area contributed by atoms with Crippen molar-refractivity contribution in [1.82, 2.24) is 20.3 Å². The lowest BCUT2D eigenvalue weighted by atomic mass is 9.93. The maximum atomic E-state index is 11.4. The lowest BCUT2D eigenvalue weighted by Crippen LogP contribution is -2.28. The maximum absolute atomic E-state index is 11.4. The Kier molecular flexibility index (Phi) is 4.37. The lowest BCUT2D eigenvalue weighted by molar-refractivity contribution is 0.0688. The molecule has 6 nitrogen and oxygen atoms in total. The number of hydrogen-bond acceptors (Lipinski definition) is 5. The summed E-state index contributed by atoms with van der Waals surface area (Å²) in [7, 11) is 0. The molecule has 21 heavy (non-hydrogen) atoms. The molecule has 0 atom stereocenters. The van der Waals surface area contributed by atoms with Crippen LogP contribution in [0.2, 0.25) is 0 Å². The molecule has 0 saturated carbocycles. The Hall–Kier alpha value is -1.25. The SMILES string of the molecule is O=C(O)c1nnn(Cc2sccc2Br)c1C1CCNCC1. The van der Waals surface area contributed by atoms with Crippen molar-refractivity contribution >= 4 is 33.2 Å². The zero-order valence-corrected chi connectivity index (χ0v) is 13.7. The molecule has 1 saturated heterocycles. The van der Waals surface area contributed by atoms with Gasteiger partial charge in [0.25, 0.3) is 0 Å². The van der Waals surface area contributed by atoms with E-state index in [1.54, 1.807) is 16.0 Å². The average molecular weight is 371 g/mol. The third kappa shape index (κ3) is 3.02. The van der Waals surface area contributed by atoms with E-state index in [9.17, 15) is 9.90 Å².